The van der Waals surface area contributed by atoms with Gasteiger partial charge in [0, 0.05) is 19.5 Å². The van der Waals surface area contributed by atoms with Crippen molar-refractivity contribution >= 4 is 15.7 Å². The molecule has 0 saturated heterocycles. The number of carbonyl (C=O) groups is 1. The summed E-state index contributed by atoms with van der Waals surface area (Å²) in [6.07, 6.45) is 4.86. The first-order valence-corrected chi connectivity index (χ1v) is 11.6. The molecule has 0 aliphatic heterocycles. The molecule has 1 aromatic carbocycles. The maximum atomic E-state index is 12.9. The lowest BCUT2D eigenvalue weighted by atomic mass is 9.87. The van der Waals surface area contributed by atoms with Gasteiger partial charge in [-0.2, -0.15) is 0 Å². The number of amides is 1. The predicted octanol–water partition coefficient (Wildman–Crippen LogP) is 2.49. The Hall–Kier alpha value is -2.22. The van der Waals surface area contributed by atoms with Crippen LogP contribution in [0.5, 0.6) is 0 Å². The van der Waals surface area contributed by atoms with Crippen molar-refractivity contribution in [2.24, 2.45) is 0 Å². The number of aromatic nitrogens is 3. The highest BCUT2D eigenvalue weighted by Crippen LogP contribution is 2.39. The number of rotatable bonds is 6. The van der Waals surface area contributed by atoms with Gasteiger partial charge in [0.15, 0.2) is 0 Å². The number of sulfone groups is 1. The van der Waals surface area contributed by atoms with E-state index in [-0.39, 0.29) is 11.2 Å². The lowest BCUT2D eigenvalue weighted by Crippen LogP contribution is -2.37. The zero-order chi connectivity index (χ0) is 19.9. The molecule has 2 aromatic rings. The van der Waals surface area contributed by atoms with Gasteiger partial charge >= 0.3 is 0 Å². The lowest BCUT2D eigenvalue weighted by Gasteiger charge is -2.33. The highest BCUT2D eigenvalue weighted by molar-refractivity contribution is 7.91. The fraction of sp³-hybridized carbons (Fsp3) is 0.550. The zero-order valence-electron chi connectivity index (χ0n) is 16.3. The van der Waals surface area contributed by atoms with Gasteiger partial charge in [-0.1, -0.05) is 24.3 Å². The number of fused-ring (bicyclic) bond motifs is 1. The topological polar surface area (TPSA) is 85.2 Å². The second-order valence-electron chi connectivity index (χ2n) is 7.73. The third kappa shape index (κ3) is 3.45. The second-order valence-corrected chi connectivity index (χ2v) is 9.61. The maximum Gasteiger partial charge on any atom is 0.250 e. The van der Waals surface area contributed by atoms with E-state index in [4.69, 9.17) is 0 Å². The third-order valence-electron chi connectivity index (χ3n) is 5.79. The average molecular weight is 403 g/mol. The molecule has 0 bridgehead atoms. The number of hydrogen-bond acceptors (Lipinski definition) is 5. The van der Waals surface area contributed by atoms with Crippen LogP contribution in [0.2, 0.25) is 0 Å². The van der Waals surface area contributed by atoms with Crippen molar-refractivity contribution in [1.29, 1.82) is 0 Å². The Bertz CT molecular complexity index is 995. The minimum atomic E-state index is -3.85. The van der Waals surface area contributed by atoms with E-state index in [0.29, 0.717) is 12.5 Å². The van der Waals surface area contributed by atoms with E-state index in [0.717, 1.165) is 43.5 Å². The number of nitrogens with zero attached hydrogens (tertiary/aromatic N) is 4. The molecule has 7 nitrogen and oxygen atoms in total. The van der Waals surface area contributed by atoms with Crippen molar-refractivity contribution in [2.75, 3.05) is 12.8 Å². The molecule has 0 radical (unpaired) electrons. The standard InChI is InChI=1S/C20H26N4O3S/c1-3-24-19(15-11-12-15)21-22-20(24)28(26,27)13-18(25)23(2)17-10-6-8-14-7-4-5-9-16(14)17/h4-5,7,9,15,17H,3,6,8,10-13H2,1-2H3/t17-/m1/s1. The van der Waals surface area contributed by atoms with E-state index < -0.39 is 21.5 Å². The van der Waals surface area contributed by atoms with Gasteiger partial charge in [0.05, 0.1) is 6.04 Å². The molecule has 28 heavy (non-hydrogen) atoms. The van der Waals surface area contributed by atoms with Gasteiger partial charge in [-0.15, -0.1) is 10.2 Å². The van der Waals surface area contributed by atoms with Crippen LogP contribution in [0.1, 0.15) is 61.5 Å². The lowest BCUT2D eigenvalue weighted by molar-refractivity contribution is -0.129. The Morgan fingerprint density at radius 2 is 1.96 bits per heavy atom. The van der Waals surface area contributed by atoms with E-state index >= 15 is 0 Å². The summed E-state index contributed by atoms with van der Waals surface area (Å²) in [5.41, 5.74) is 2.36. The predicted molar refractivity (Wildman–Crippen MR) is 105 cm³/mol. The van der Waals surface area contributed by atoms with Gasteiger partial charge in [0.2, 0.25) is 20.9 Å². The minimum absolute atomic E-state index is 0.0808. The van der Waals surface area contributed by atoms with Gasteiger partial charge in [-0.25, -0.2) is 8.42 Å². The Morgan fingerprint density at radius 3 is 2.68 bits per heavy atom. The molecule has 1 saturated carbocycles. The monoisotopic (exact) mass is 402 g/mol. The summed E-state index contributed by atoms with van der Waals surface area (Å²) < 4.78 is 27.5. The number of benzene rings is 1. The minimum Gasteiger partial charge on any atom is -0.338 e. The molecule has 2 aliphatic rings. The summed E-state index contributed by atoms with van der Waals surface area (Å²) in [6.45, 7) is 2.36. The first-order chi connectivity index (χ1) is 13.4. The Morgan fingerprint density at radius 1 is 1.21 bits per heavy atom. The van der Waals surface area contributed by atoms with Crippen LogP contribution in [0.25, 0.3) is 0 Å². The number of hydrogen-bond donors (Lipinski definition) is 0. The average Bonchev–Trinajstić information content (AvgIpc) is 3.44. The van der Waals surface area contributed by atoms with Crippen LogP contribution >= 0.6 is 0 Å². The largest absolute Gasteiger partial charge is 0.338 e. The van der Waals surface area contributed by atoms with Crippen molar-refractivity contribution in [3.63, 3.8) is 0 Å². The summed E-state index contributed by atoms with van der Waals surface area (Å²) in [7, 11) is -2.15. The van der Waals surface area contributed by atoms with Crippen LogP contribution in [-0.2, 0) is 27.6 Å². The van der Waals surface area contributed by atoms with E-state index in [9.17, 15) is 13.2 Å². The molecule has 0 unspecified atom stereocenters. The second kappa shape index (κ2) is 7.31. The summed E-state index contributed by atoms with van der Waals surface area (Å²) in [6, 6.07) is 8.00. The van der Waals surface area contributed by atoms with Gasteiger partial charge in [0.1, 0.15) is 11.6 Å². The number of carbonyl (C=O) groups excluding carboxylic acids is 1. The molecule has 8 heteroatoms. The molecule has 0 N–H and O–H groups in total. The van der Waals surface area contributed by atoms with Gasteiger partial charge in [-0.3, -0.25) is 4.79 Å². The van der Waals surface area contributed by atoms with Gasteiger partial charge < -0.3 is 9.47 Å². The Balaban J connectivity index is 1.55. The Kier molecular flexibility index (Phi) is 4.99. The van der Waals surface area contributed by atoms with Crippen LogP contribution in [-0.4, -0.2) is 46.8 Å². The molecular weight excluding hydrogens is 376 g/mol. The van der Waals surface area contributed by atoms with Crippen LogP contribution in [0.3, 0.4) is 0 Å². The van der Waals surface area contributed by atoms with Gasteiger partial charge in [0.25, 0.3) is 0 Å². The van der Waals surface area contributed by atoms with Crippen molar-refractivity contribution in [1.82, 2.24) is 19.7 Å². The molecule has 2 aliphatic carbocycles. The van der Waals surface area contributed by atoms with Crippen LogP contribution in [0, 0.1) is 0 Å². The molecule has 0 spiro atoms. The van der Waals surface area contributed by atoms with Crippen LogP contribution in [0.4, 0.5) is 0 Å². The van der Waals surface area contributed by atoms with Crippen molar-refractivity contribution in [2.45, 2.75) is 62.7 Å². The summed E-state index contributed by atoms with van der Waals surface area (Å²) in [5.74, 6) is 0.0438. The molecule has 1 atom stereocenters. The molecule has 1 aromatic heterocycles. The van der Waals surface area contributed by atoms with E-state index in [2.05, 4.69) is 16.3 Å². The van der Waals surface area contributed by atoms with E-state index in [1.165, 1.54) is 5.56 Å². The molecule has 4 rings (SSSR count). The summed E-state index contributed by atoms with van der Waals surface area (Å²) >= 11 is 0. The first kappa shape index (κ1) is 19.1. The van der Waals surface area contributed by atoms with E-state index in [1.54, 1.807) is 16.5 Å². The van der Waals surface area contributed by atoms with E-state index in [1.807, 2.05) is 25.1 Å². The smallest absolute Gasteiger partial charge is 0.250 e. The first-order valence-electron chi connectivity index (χ1n) is 9.91. The normalized spacial score (nSPS) is 19.3. The molecule has 150 valence electrons. The Labute approximate surface area is 165 Å². The molecular formula is C20H26N4O3S. The third-order valence-corrected chi connectivity index (χ3v) is 7.28. The fourth-order valence-corrected chi connectivity index (χ4v) is 5.49. The van der Waals surface area contributed by atoms with Gasteiger partial charge in [-0.05, 0) is 50.2 Å². The fourth-order valence-electron chi connectivity index (χ4n) is 4.10. The molecule has 1 fully saturated rings. The summed E-state index contributed by atoms with van der Waals surface area (Å²) in [4.78, 5) is 14.5. The molecule has 1 heterocycles. The van der Waals surface area contributed by atoms with Crippen molar-refractivity contribution in [3.8, 4) is 0 Å². The van der Waals surface area contributed by atoms with Crippen molar-refractivity contribution < 1.29 is 13.2 Å². The zero-order valence-corrected chi connectivity index (χ0v) is 17.2. The quantitative estimate of drug-likeness (QED) is 0.741. The van der Waals surface area contributed by atoms with Crippen molar-refractivity contribution in [3.05, 3.63) is 41.2 Å². The van der Waals surface area contributed by atoms with Crippen LogP contribution in [0.15, 0.2) is 29.4 Å². The number of aryl methyl sites for hydroxylation is 1. The highest BCUT2D eigenvalue weighted by atomic mass is 32.2. The highest BCUT2D eigenvalue weighted by Gasteiger charge is 2.35. The molecule has 1 amide bonds. The SMILES string of the molecule is CCn1c(C2CC2)nnc1S(=O)(=O)CC(=O)N(C)[C@@H]1CCCc2ccccc21. The summed E-state index contributed by atoms with van der Waals surface area (Å²) in [5, 5.41) is 7.95. The maximum absolute atomic E-state index is 12.9. The van der Waals surface area contributed by atoms with Crippen LogP contribution < -0.4 is 0 Å².